The van der Waals surface area contributed by atoms with Crippen LogP contribution in [-0.4, -0.2) is 54.5 Å². The van der Waals surface area contributed by atoms with E-state index in [1.165, 1.54) is 0 Å². The van der Waals surface area contributed by atoms with Crippen LogP contribution in [0, 0.1) is 0 Å². The first-order valence-corrected chi connectivity index (χ1v) is 8.75. The van der Waals surface area contributed by atoms with Crippen LogP contribution in [0.15, 0.2) is 53.8 Å². The first-order chi connectivity index (χ1) is 12.6. The van der Waals surface area contributed by atoms with Gasteiger partial charge in [-0.3, -0.25) is 9.78 Å². The average Bonchev–Trinajstić information content (AvgIpc) is 2.68. The third-order valence-electron chi connectivity index (χ3n) is 4.13. The molecule has 0 radical (unpaired) electrons. The smallest absolute Gasteiger partial charge is 0.246 e. The standard InChI is InChI=1S/C18H21ClN6O.HI/c19-14-3-5-16(6-4-14)24-8-10-25(11-9-24)18(20)22-13-17(26)23-15-2-1-7-21-12-15;/h1-7,12H,8-11,13H2,(H2,20,22)(H,23,26);1H. The highest BCUT2D eigenvalue weighted by Crippen LogP contribution is 2.19. The molecule has 1 aliphatic rings. The summed E-state index contributed by atoms with van der Waals surface area (Å²) in [5.74, 6) is 0.169. The number of pyridine rings is 1. The zero-order valence-corrected chi connectivity index (χ0v) is 17.8. The summed E-state index contributed by atoms with van der Waals surface area (Å²) >= 11 is 5.93. The van der Waals surface area contributed by atoms with Gasteiger partial charge in [0, 0.05) is 43.1 Å². The molecule has 0 saturated carbocycles. The molecule has 1 fully saturated rings. The van der Waals surface area contributed by atoms with Crippen molar-refractivity contribution in [3.63, 3.8) is 0 Å². The number of guanidine groups is 1. The first-order valence-electron chi connectivity index (χ1n) is 8.37. The highest BCUT2D eigenvalue weighted by Gasteiger charge is 2.18. The molecule has 0 bridgehead atoms. The van der Waals surface area contributed by atoms with Crippen LogP contribution >= 0.6 is 35.6 Å². The Balaban J connectivity index is 0.00000261. The van der Waals surface area contributed by atoms with Crippen molar-refractivity contribution in [3.05, 3.63) is 53.8 Å². The Hall–Kier alpha value is -2.07. The van der Waals surface area contributed by atoms with Crippen molar-refractivity contribution < 1.29 is 4.79 Å². The lowest BCUT2D eigenvalue weighted by atomic mass is 10.2. The van der Waals surface area contributed by atoms with Gasteiger partial charge in [0.25, 0.3) is 0 Å². The van der Waals surface area contributed by atoms with Crippen molar-refractivity contribution in [3.8, 4) is 0 Å². The predicted octanol–water partition coefficient (Wildman–Crippen LogP) is 2.43. The van der Waals surface area contributed by atoms with Gasteiger partial charge in [-0.1, -0.05) is 11.6 Å². The predicted molar refractivity (Wildman–Crippen MR) is 120 cm³/mol. The van der Waals surface area contributed by atoms with Gasteiger partial charge >= 0.3 is 0 Å². The number of carbonyl (C=O) groups is 1. The maximum atomic E-state index is 11.9. The second-order valence-electron chi connectivity index (χ2n) is 5.91. The highest BCUT2D eigenvalue weighted by molar-refractivity contribution is 14.0. The molecular formula is C18H22ClIN6O. The molecule has 1 aromatic carbocycles. The van der Waals surface area contributed by atoms with Crippen LogP contribution in [0.5, 0.6) is 0 Å². The Kier molecular flexibility index (Phi) is 8.11. The number of hydrogen-bond acceptors (Lipinski definition) is 4. The van der Waals surface area contributed by atoms with Gasteiger partial charge in [0.1, 0.15) is 6.54 Å². The molecule has 9 heteroatoms. The lowest BCUT2D eigenvalue weighted by Crippen LogP contribution is -2.51. The Bertz CT molecular complexity index is 763. The van der Waals surface area contributed by atoms with Crippen LogP contribution in [0.3, 0.4) is 0 Å². The highest BCUT2D eigenvalue weighted by atomic mass is 127. The minimum Gasteiger partial charge on any atom is -0.370 e. The van der Waals surface area contributed by atoms with Crippen molar-refractivity contribution in [2.75, 3.05) is 42.9 Å². The van der Waals surface area contributed by atoms with Gasteiger partial charge in [-0.15, -0.1) is 24.0 Å². The van der Waals surface area contributed by atoms with Gasteiger partial charge in [0.05, 0.1) is 11.9 Å². The summed E-state index contributed by atoms with van der Waals surface area (Å²) in [6, 6.07) is 11.3. The van der Waals surface area contributed by atoms with E-state index in [4.69, 9.17) is 17.3 Å². The summed E-state index contributed by atoms with van der Waals surface area (Å²) in [5.41, 5.74) is 7.82. The van der Waals surface area contributed by atoms with E-state index in [9.17, 15) is 4.79 Å². The van der Waals surface area contributed by atoms with Gasteiger partial charge in [0.15, 0.2) is 5.96 Å². The number of rotatable bonds is 4. The molecule has 3 N–H and O–H groups in total. The zero-order chi connectivity index (χ0) is 18.4. The summed E-state index contributed by atoms with van der Waals surface area (Å²) in [4.78, 5) is 24.3. The molecule has 0 unspecified atom stereocenters. The van der Waals surface area contributed by atoms with E-state index in [1.54, 1.807) is 24.5 Å². The average molecular weight is 501 g/mol. The van der Waals surface area contributed by atoms with E-state index in [2.05, 4.69) is 20.2 Å². The number of nitrogens with two attached hydrogens (primary N) is 1. The number of benzene rings is 1. The summed E-state index contributed by atoms with van der Waals surface area (Å²) in [7, 11) is 0. The lowest BCUT2D eigenvalue weighted by molar-refractivity contribution is -0.114. The fraction of sp³-hybridized carbons (Fsp3) is 0.278. The summed E-state index contributed by atoms with van der Waals surface area (Å²) in [6.45, 7) is 3.15. The molecule has 1 aromatic heterocycles. The maximum absolute atomic E-state index is 11.9. The van der Waals surface area contributed by atoms with Gasteiger partial charge in [-0.2, -0.15) is 0 Å². The lowest BCUT2D eigenvalue weighted by Gasteiger charge is -2.36. The largest absolute Gasteiger partial charge is 0.370 e. The number of amides is 1. The van der Waals surface area contributed by atoms with Crippen molar-refractivity contribution >= 4 is 58.8 Å². The van der Waals surface area contributed by atoms with Gasteiger partial charge < -0.3 is 20.9 Å². The monoisotopic (exact) mass is 500 g/mol. The van der Waals surface area contributed by atoms with E-state index < -0.39 is 0 Å². The van der Waals surface area contributed by atoms with E-state index in [0.717, 1.165) is 36.9 Å². The SMILES string of the molecule is I.NC(=NCC(=O)Nc1cccnc1)N1CCN(c2ccc(Cl)cc2)CC1. The fourth-order valence-corrected chi connectivity index (χ4v) is 2.86. The molecule has 1 aliphatic heterocycles. The second-order valence-corrected chi connectivity index (χ2v) is 6.35. The molecule has 2 aromatic rings. The number of carbonyl (C=O) groups excluding carboxylic acids is 1. The van der Waals surface area contributed by atoms with Crippen molar-refractivity contribution in [1.82, 2.24) is 9.88 Å². The van der Waals surface area contributed by atoms with E-state index in [-0.39, 0.29) is 36.4 Å². The topological polar surface area (TPSA) is 86.8 Å². The van der Waals surface area contributed by atoms with E-state index >= 15 is 0 Å². The molecule has 0 spiro atoms. The summed E-state index contributed by atoms with van der Waals surface area (Å²) in [6.07, 6.45) is 3.23. The van der Waals surface area contributed by atoms with Gasteiger partial charge in [-0.25, -0.2) is 4.99 Å². The Morgan fingerprint density at radius 2 is 1.89 bits per heavy atom. The number of hydrogen-bond donors (Lipinski definition) is 2. The molecule has 0 atom stereocenters. The van der Waals surface area contributed by atoms with E-state index in [0.29, 0.717) is 11.6 Å². The molecule has 144 valence electrons. The third kappa shape index (κ3) is 6.24. The minimum atomic E-state index is -0.222. The number of nitrogens with one attached hydrogen (secondary N) is 1. The third-order valence-corrected chi connectivity index (χ3v) is 4.38. The second kappa shape index (κ2) is 10.3. The summed E-state index contributed by atoms with van der Waals surface area (Å²) in [5, 5.41) is 3.46. The number of nitrogens with zero attached hydrogens (tertiary/aromatic N) is 4. The van der Waals surface area contributed by atoms with Crippen LogP contribution in [-0.2, 0) is 4.79 Å². The first kappa shape index (κ1) is 21.2. The van der Waals surface area contributed by atoms with Crippen LogP contribution < -0.4 is 16.0 Å². The van der Waals surface area contributed by atoms with Crippen LogP contribution in [0.2, 0.25) is 5.02 Å². The molecule has 0 aliphatic carbocycles. The number of piperazine rings is 1. The van der Waals surface area contributed by atoms with Gasteiger partial charge in [-0.05, 0) is 36.4 Å². The Morgan fingerprint density at radius 1 is 1.19 bits per heavy atom. The normalized spacial score (nSPS) is 14.5. The molecular weight excluding hydrogens is 479 g/mol. The van der Waals surface area contributed by atoms with Crippen LogP contribution in [0.4, 0.5) is 11.4 Å². The molecule has 2 heterocycles. The van der Waals surface area contributed by atoms with Gasteiger partial charge in [0.2, 0.25) is 5.91 Å². The Morgan fingerprint density at radius 3 is 2.52 bits per heavy atom. The number of aliphatic imine (C=N–C) groups is 1. The zero-order valence-electron chi connectivity index (χ0n) is 14.7. The van der Waals surface area contributed by atoms with Crippen molar-refractivity contribution in [1.29, 1.82) is 0 Å². The Labute approximate surface area is 180 Å². The van der Waals surface area contributed by atoms with E-state index in [1.807, 2.05) is 29.2 Å². The molecule has 27 heavy (non-hydrogen) atoms. The molecule has 1 saturated heterocycles. The minimum absolute atomic E-state index is 0. The molecule has 1 amide bonds. The molecule has 3 rings (SSSR count). The number of halogens is 2. The number of aromatic nitrogens is 1. The quantitative estimate of drug-likeness (QED) is 0.383. The summed E-state index contributed by atoms with van der Waals surface area (Å²) < 4.78 is 0. The van der Waals surface area contributed by atoms with Crippen LogP contribution in [0.1, 0.15) is 0 Å². The van der Waals surface area contributed by atoms with Crippen molar-refractivity contribution in [2.45, 2.75) is 0 Å². The number of anilines is 2. The maximum Gasteiger partial charge on any atom is 0.246 e. The van der Waals surface area contributed by atoms with Crippen LogP contribution in [0.25, 0.3) is 0 Å². The molecule has 7 nitrogen and oxygen atoms in total. The fourth-order valence-electron chi connectivity index (χ4n) is 2.74. The van der Waals surface area contributed by atoms with Crippen molar-refractivity contribution in [2.24, 2.45) is 10.7 Å².